The van der Waals surface area contributed by atoms with Crippen molar-refractivity contribution in [1.82, 2.24) is 0 Å². The predicted octanol–water partition coefficient (Wildman–Crippen LogP) is 4.58. The van der Waals surface area contributed by atoms with Crippen LogP contribution in [0.25, 0.3) is 0 Å². The third-order valence-electron chi connectivity index (χ3n) is 1.97. The van der Waals surface area contributed by atoms with Crippen LogP contribution in [0.1, 0.15) is 6.42 Å². The smallest absolute Gasteiger partial charge is 0.390 e. The first kappa shape index (κ1) is 14.6. The first-order valence-electron chi connectivity index (χ1n) is 4.67. The lowest BCUT2D eigenvalue weighted by molar-refractivity contribution is -0.131. The van der Waals surface area contributed by atoms with E-state index in [0.29, 0.717) is 15.9 Å². The molecule has 0 spiro atoms. The molecule has 0 aromatic heterocycles. The van der Waals surface area contributed by atoms with E-state index in [1.165, 1.54) is 7.11 Å². The summed E-state index contributed by atoms with van der Waals surface area (Å²) in [4.78, 5) is 0. The minimum atomic E-state index is -4.15. The van der Waals surface area contributed by atoms with Gasteiger partial charge in [0.15, 0.2) is 0 Å². The van der Waals surface area contributed by atoms with Gasteiger partial charge in [0.2, 0.25) is 0 Å². The van der Waals surface area contributed by atoms with E-state index in [0.717, 1.165) is 4.47 Å². The van der Waals surface area contributed by atoms with E-state index in [9.17, 15) is 13.2 Å². The number of nitrogens with one attached hydrogen (secondary N) is 1. The fourth-order valence-electron chi connectivity index (χ4n) is 1.16. The first-order valence-corrected chi connectivity index (χ1v) is 6.26. The Bertz CT molecular complexity index is 396. The van der Waals surface area contributed by atoms with Crippen molar-refractivity contribution in [3.63, 3.8) is 0 Å². The third kappa shape index (κ3) is 4.75. The van der Waals surface area contributed by atoms with Crippen LogP contribution in [0.4, 0.5) is 18.9 Å². The number of benzene rings is 1. The van der Waals surface area contributed by atoms with Gasteiger partial charge in [0, 0.05) is 17.1 Å². The van der Waals surface area contributed by atoms with Gasteiger partial charge in [0.1, 0.15) is 5.75 Å². The van der Waals surface area contributed by atoms with Crippen molar-refractivity contribution >= 4 is 37.5 Å². The summed E-state index contributed by atoms with van der Waals surface area (Å²) < 4.78 is 42.4. The molecular formula is C10H10Br2F3NO. The monoisotopic (exact) mass is 375 g/mol. The molecule has 0 saturated carbocycles. The molecule has 0 amide bonds. The number of hydrogen-bond donors (Lipinski definition) is 1. The van der Waals surface area contributed by atoms with Crippen LogP contribution in [-0.4, -0.2) is 19.8 Å². The van der Waals surface area contributed by atoms with Crippen molar-refractivity contribution in [2.75, 3.05) is 19.0 Å². The summed E-state index contributed by atoms with van der Waals surface area (Å²) in [6.07, 6.45) is -5.03. The van der Waals surface area contributed by atoms with Crippen LogP contribution >= 0.6 is 31.9 Å². The van der Waals surface area contributed by atoms with E-state index in [1.807, 2.05) is 0 Å². The summed E-state index contributed by atoms with van der Waals surface area (Å²) in [6.45, 7) is -0.174. The second kappa shape index (κ2) is 5.95. The van der Waals surface area contributed by atoms with Crippen molar-refractivity contribution in [2.24, 2.45) is 0 Å². The number of halogens is 5. The Morgan fingerprint density at radius 3 is 2.41 bits per heavy atom. The third-order valence-corrected chi connectivity index (χ3v) is 3.24. The van der Waals surface area contributed by atoms with Crippen LogP contribution in [0.3, 0.4) is 0 Å². The van der Waals surface area contributed by atoms with Crippen LogP contribution in [0.2, 0.25) is 0 Å². The van der Waals surface area contributed by atoms with Crippen molar-refractivity contribution in [3.05, 3.63) is 21.1 Å². The van der Waals surface area contributed by atoms with Crippen molar-refractivity contribution in [2.45, 2.75) is 12.6 Å². The van der Waals surface area contributed by atoms with Crippen LogP contribution in [0, 0.1) is 0 Å². The maximum Gasteiger partial charge on any atom is 0.390 e. The zero-order valence-electron chi connectivity index (χ0n) is 8.87. The van der Waals surface area contributed by atoms with E-state index in [4.69, 9.17) is 4.74 Å². The van der Waals surface area contributed by atoms with Crippen molar-refractivity contribution in [3.8, 4) is 5.75 Å². The van der Waals surface area contributed by atoms with Gasteiger partial charge in [0.05, 0.1) is 23.7 Å². The van der Waals surface area contributed by atoms with Crippen molar-refractivity contribution < 1.29 is 17.9 Å². The van der Waals surface area contributed by atoms with Gasteiger partial charge in [-0.05, 0) is 37.9 Å². The number of ether oxygens (including phenoxy) is 1. The Morgan fingerprint density at radius 1 is 1.24 bits per heavy atom. The standard InChI is InChI=1S/C10H10Br2F3NO/c1-17-9-5-8(6(11)4-7(9)12)16-3-2-10(13,14)15/h4-5,16H,2-3H2,1H3. The maximum absolute atomic E-state index is 12.0. The van der Waals surface area contributed by atoms with Crippen LogP contribution in [0.15, 0.2) is 21.1 Å². The van der Waals surface area contributed by atoms with E-state index in [2.05, 4.69) is 37.2 Å². The number of hydrogen-bond acceptors (Lipinski definition) is 2. The Kier molecular flexibility index (Phi) is 5.12. The lowest BCUT2D eigenvalue weighted by atomic mass is 10.3. The molecule has 0 aliphatic rings. The largest absolute Gasteiger partial charge is 0.495 e. The van der Waals surface area contributed by atoms with E-state index >= 15 is 0 Å². The lowest BCUT2D eigenvalue weighted by Gasteiger charge is -2.12. The Labute approximate surface area is 114 Å². The number of rotatable bonds is 4. The summed E-state index contributed by atoms with van der Waals surface area (Å²) in [5.41, 5.74) is 0.564. The van der Waals surface area contributed by atoms with Gasteiger partial charge in [-0.3, -0.25) is 0 Å². The second-order valence-electron chi connectivity index (χ2n) is 3.26. The molecule has 17 heavy (non-hydrogen) atoms. The van der Waals surface area contributed by atoms with Gasteiger partial charge in [-0.2, -0.15) is 13.2 Å². The molecule has 1 rings (SSSR count). The summed E-state index contributed by atoms with van der Waals surface area (Å²) in [7, 11) is 1.49. The van der Waals surface area contributed by atoms with Crippen molar-refractivity contribution in [1.29, 1.82) is 0 Å². The highest BCUT2D eigenvalue weighted by Crippen LogP contribution is 2.34. The zero-order chi connectivity index (χ0) is 13.1. The first-order chi connectivity index (χ1) is 7.83. The maximum atomic E-state index is 12.0. The number of methoxy groups -OCH3 is 1. The zero-order valence-corrected chi connectivity index (χ0v) is 12.0. The molecule has 7 heteroatoms. The molecule has 0 radical (unpaired) electrons. The van der Waals surface area contributed by atoms with Gasteiger partial charge in [-0.1, -0.05) is 0 Å². The fourth-order valence-corrected chi connectivity index (χ4v) is 2.46. The Hall–Kier alpha value is -0.430. The normalized spacial score (nSPS) is 11.4. The molecule has 0 aliphatic heterocycles. The highest BCUT2D eigenvalue weighted by molar-refractivity contribution is 9.11. The summed E-state index contributed by atoms with van der Waals surface area (Å²) in [6, 6.07) is 3.35. The fraction of sp³-hybridized carbons (Fsp3) is 0.400. The topological polar surface area (TPSA) is 21.3 Å². The van der Waals surface area contributed by atoms with E-state index in [1.54, 1.807) is 12.1 Å². The van der Waals surface area contributed by atoms with Crippen LogP contribution in [0.5, 0.6) is 5.75 Å². The Balaban J connectivity index is 2.71. The molecule has 96 valence electrons. The van der Waals surface area contributed by atoms with Crippen LogP contribution < -0.4 is 10.1 Å². The molecule has 0 saturated heterocycles. The molecule has 0 heterocycles. The molecule has 1 N–H and O–H groups in total. The highest BCUT2D eigenvalue weighted by atomic mass is 79.9. The average molecular weight is 377 g/mol. The Morgan fingerprint density at radius 2 is 1.88 bits per heavy atom. The van der Waals surface area contributed by atoms with E-state index in [-0.39, 0.29) is 6.54 Å². The summed E-state index contributed by atoms with van der Waals surface area (Å²) in [5, 5.41) is 2.70. The van der Waals surface area contributed by atoms with Gasteiger partial charge in [-0.15, -0.1) is 0 Å². The van der Waals surface area contributed by atoms with Gasteiger partial charge in [-0.25, -0.2) is 0 Å². The molecule has 1 aromatic carbocycles. The quantitative estimate of drug-likeness (QED) is 0.830. The minimum absolute atomic E-state index is 0.174. The SMILES string of the molecule is COc1cc(NCCC(F)(F)F)c(Br)cc1Br. The molecule has 0 atom stereocenters. The molecule has 1 aromatic rings. The molecule has 2 nitrogen and oxygen atoms in total. The minimum Gasteiger partial charge on any atom is -0.495 e. The highest BCUT2D eigenvalue weighted by Gasteiger charge is 2.26. The predicted molar refractivity (Wildman–Crippen MR) is 67.6 cm³/mol. The van der Waals surface area contributed by atoms with E-state index < -0.39 is 12.6 Å². The second-order valence-corrected chi connectivity index (χ2v) is 4.97. The summed E-state index contributed by atoms with van der Waals surface area (Å²) >= 11 is 6.54. The molecule has 0 fully saturated rings. The molecule has 0 unspecified atom stereocenters. The number of anilines is 1. The van der Waals surface area contributed by atoms with Gasteiger partial charge < -0.3 is 10.1 Å². The van der Waals surface area contributed by atoms with Gasteiger partial charge >= 0.3 is 6.18 Å². The molecule has 0 bridgehead atoms. The van der Waals surface area contributed by atoms with Gasteiger partial charge in [0.25, 0.3) is 0 Å². The number of alkyl halides is 3. The lowest BCUT2D eigenvalue weighted by Crippen LogP contribution is -2.14. The molecular weight excluding hydrogens is 367 g/mol. The summed E-state index contributed by atoms with van der Waals surface area (Å²) in [5.74, 6) is 0.558. The van der Waals surface area contributed by atoms with Crippen LogP contribution in [-0.2, 0) is 0 Å². The average Bonchev–Trinajstić information content (AvgIpc) is 2.19. The molecule has 0 aliphatic carbocycles.